The number of phenolic OH excluding ortho intramolecular Hbond substituents is 1. The molecule has 140 valence electrons. The number of anilines is 1. The van der Waals surface area contributed by atoms with E-state index in [0.29, 0.717) is 10.7 Å². The third-order valence-electron chi connectivity index (χ3n) is 4.34. The van der Waals surface area contributed by atoms with Gasteiger partial charge in [0.25, 0.3) is 0 Å². The number of aromatic hydroxyl groups is 1. The van der Waals surface area contributed by atoms with Crippen molar-refractivity contribution in [3.8, 4) is 11.5 Å². The lowest BCUT2D eigenvalue weighted by atomic mass is 9.78. The van der Waals surface area contributed by atoms with Gasteiger partial charge < -0.3 is 15.2 Å². The van der Waals surface area contributed by atoms with Crippen LogP contribution in [0.3, 0.4) is 0 Å². The number of ether oxygens (including phenoxy) is 1. The van der Waals surface area contributed by atoms with Gasteiger partial charge >= 0.3 is 0 Å². The van der Waals surface area contributed by atoms with Crippen LogP contribution in [0.2, 0.25) is 0 Å². The topological polar surface area (TPSA) is 41.5 Å². The fourth-order valence-electron chi connectivity index (χ4n) is 2.85. The molecule has 0 fully saturated rings. The molecule has 2 aromatic rings. The Hall–Kier alpha value is -2.07. The second-order valence-corrected chi connectivity index (χ2v) is 8.98. The molecule has 0 aromatic heterocycles. The maximum Gasteiger partial charge on any atom is 0.142 e. The Balaban J connectivity index is 2.53. The third-order valence-corrected chi connectivity index (χ3v) is 4.68. The van der Waals surface area contributed by atoms with E-state index in [1.54, 1.807) is 7.11 Å². The molecular formula is C22H29NO2S. The SMILES string of the molecule is COc1ccccc1NC(=S)c1cc(C(C)(C)C)c(O)c(C(C)(C)C)c1. The van der Waals surface area contributed by atoms with E-state index in [1.165, 1.54) is 0 Å². The summed E-state index contributed by atoms with van der Waals surface area (Å²) in [5, 5.41) is 14.1. The van der Waals surface area contributed by atoms with Crippen molar-refractivity contribution in [3.63, 3.8) is 0 Å². The molecule has 26 heavy (non-hydrogen) atoms. The summed E-state index contributed by atoms with van der Waals surface area (Å²) in [6.07, 6.45) is 0. The van der Waals surface area contributed by atoms with Gasteiger partial charge in [0.05, 0.1) is 12.8 Å². The molecule has 4 heteroatoms. The second kappa shape index (κ2) is 7.28. The molecule has 0 saturated carbocycles. The van der Waals surface area contributed by atoms with Gasteiger partial charge in [-0.2, -0.15) is 0 Å². The highest BCUT2D eigenvalue weighted by Gasteiger charge is 2.27. The van der Waals surface area contributed by atoms with E-state index >= 15 is 0 Å². The second-order valence-electron chi connectivity index (χ2n) is 8.57. The lowest BCUT2D eigenvalue weighted by Crippen LogP contribution is -2.20. The summed E-state index contributed by atoms with van der Waals surface area (Å²) < 4.78 is 5.40. The van der Waals surface area contributed by atoms with Gasteiger partial charge in [-0.1, -0.05) is 65.9 Å². The minimum Gasteiger partial charge on any atom is -0.507 e. The van der Waals surface area contributed by atoms with Crippen LogP contribution in [-0.2, 0) is 10.8 Å². The number of phenols is 1. The number of hydrogen-bond donors (Lipinski definition) is 2. The Kier molecular flexibility index (Phi) is 5.67. The number of thiocarbonyl (C=S) groups is 1. The zero-order valence-corrected chi connectivity index (χ0v) is 17.5. The number of para-hydroxylation sites is 2. The van der Waals surface area contributed by atoms with Gasteiger partial charge in [0.15, 0.2) is 0 Å². The van der Waals surface area contributed by atoms with E-state index in [9.17, 15) is 5.11 Å². The summed E-state index contributed by atoms with van der Waals surface area (Å²) in [4.78, 5) is 0.602. The number of methoxy groups -OCH3 is 1. The third kappa shape index (κ3) is 4.36. The van der Waals surface area contributed by atoms with E-state index in [2.05, 4.69) is 46.9 Å². The zero-order valence-electron chi connectivity index (χ0n) is 16.7. The molecule has 0 radical (unpaired) electrons. The van der Waals surface area contributed by atoms with Crippen LogP contribution in [0.5, 0.6) is 11.5 Å². The molecule has 3 nitrogen and oxygen atoms in total. The standard InChI is InChI=1S/C22H29NO2S/c1-21(2,3)15-12-14(13-16(19(15)24)22(4,5)6)20(26)23-17-10-8-9-11-18(17)25-7/h8-13,24H,1-7H3,(H,23,26). The van der Waals surface area contributed by atoms with Crippen LogP contribution in [0, 0.1) is 0 Å². The van der Waals surface area contributed by atoms with Crippen LogP contribution >= 0.6 is 12.2 Å². The van der Waals surface area contributed by atoms with Gasteiger partial charge in [-0.25, -0.2) is 0 Å². The molecule has 0 atom stereocenters. The van der Waals surface area contributed by atoms with Crippen LogP contribution in [0.25, 0.3) is 0 Å². The minimum atomic E-state index is -0.194. The van der Waals surface area contributed by atoms with Crippen LogP contribution in [-0.4, -0.2) is 17.2 Å². The van der Waals surface area contributed by atoms with Gasteiger partial charge in [0, 0.05) is 16.7 Å². The molecule has 2 aromatic carbocycles. The van der Waals surface area contributed by atoms with Crippen molar-refractivity contribution in [2.75, 3.05) is 12.4 Å². The van der Waals surface area contributed by atoms with Gasteiger partial charge in [0.2, 0.25) is 0 Å². The summed E-state index contributed by atoms with van der Waals surface area (Å²) in [6, 6.07) is 11.6. The summed E-state index contributed by atoms with van der Waals surface area (Å²) >= 11 is 5.67. The van der Waals surface area contributed by atoms with Crippen molar-refractivity contribution < 1.29 is 9.84 Å². The predicted octanol–water partition coefficient (Wildman–Crippen LogP) is 5.78. The molecular weight excluding hydrogens is 342 g/mol. The first-order chi connectivity index (χ1) is 11.9. The summed E-state index contributed by atoms with van der Waals surface area (Å²) in [6.45, 7) is 12.6. The van der Waals surface area contributed by atoms with Crippen molar-refractivity contribution >= 4 is 22.9 Å². The van der Waals surface area contributed by atoms with Crippen molar-refractivity contribution in [2.45, 2.75) is 52.4 Å². The van der Waals surface area contributed by atoms with Gasteiger partial charge in [-0.3, -0.25) is 0 Å². The molecule has 0 spiro atoms. The van der Waals surface area contributed by atoms with Gasteiger partial charge in [0.1, 0.15) is 16.5 Å². The average molecular weight is 372 g/mol. The molecule has 0 aliphatic heterocycles. The monoisotopic (exact) mass is 371 g/mol. The van der Waals surface area contributed by atoms with Crippen LogP contribution in [0.15, 0.2) is 36.4 Å². The van der Waals surface area contributed by atoms with Crippen molar-refractivity contribution in [3.05, 3.63) is 53.1 Å². The highest BCUT2D eigenvalue weighted by Crippen LogP contribution is 2.40. The molecule has 0 saturated heterocycles. The first-order valence-corrected chi connectivity index (χ1v) is 9.18. The first kappa shape index (κ1) is 20.2. The predicted molar refractivity (Wildman–Crippen MR) is 114 cm³/mol. The molecule has 0 aliphatic carbocycles. The molecule has 2 N–H and O–H groups in total. The number of rotatable bonds is 3. The highest BCUT2D eigenvalue weighted by atomic mass is 32.1. The van der Waals surface area contributed by atoms with Crippen molar-refractivity contribution in [2.24, 2.45) is 0 Å². The molecule has 0 aliphatic rings. The van der Waals surface area contributed by atoms with E-state index in [-0.39, 0.29) is 10.8 Å². The Labute approximate surface area is 162 Å². The van der Waals surface area contributed by atoms with Gasteiger partial charge in [-0.05, 0) is 35.1 Å². The Morgan fingerprint density at radius 3 is 1.92 bits per heavy atom. The minimum absolute atomic E-state index is 0.194. The van der Waals surface area contributed by atoms with E-state index in [4.69, 9.17) is 17.0 Å². The normalized spacial score (nSPS) is 12.0. The maximum atomic E-state index is 10.9. The Bertz CT molecular complexity index is 779. The highest BCUT2D eigenvalue weighted by molar-refractivity contribution is 7.81. The molecule has 0 heterocycles. The molecule has 0 bridgehead atoms. The number of benzene rings is 2. The Morgan fingerprint density at radius 2 is 1.46 bits per heavy atom. The first-order valence-electron chi connectivity index (χ1n) is 8.77. The van der Waals surface area contributed by atoms with Gasteiger partial charge in [-0.15, -0.1) is 0 Å². The lowest BCUT2D eigenvalue weighted by Gasteiger charge is -2.28. The fourth-order valence-corrected chi connectivity index (χ4v) is 3.08. The largest absolute Gasteiger partial charge is 0.507 e. The zero-order chi connectivity index (χ0) is 19.7. The summed E-state index contributed by atoms with van der Waals surface area (Å²) in [5.74, 6) is 1.09. The fraction of sp³-hybridized carbons (Fsp3) is 0.409. The molecule has 0 unspecified atom stereocenters. The molecule has 0 amide bonds. The van der Waals surface area contributed by atoms with E-state index in [0.717, 1.165) is 28.1 Å². The van der Waals surface area contributed by atoms with Crippen LogP contribution in [0.4, 0.5) is 5.69 Å². The maximum absolute atomic E-state index is 10.9. The lowest BCUT2D eigenvalue weighted by molar-refractivity contribution is 0.417. The quantitative estimate of drug-likeness (QED) is 0.671. The summed E-state index contributed by atoms with van der Waals surface area (Å²) in [7, 11) is 1.64. The Morgan fingerprint density at radius 1 is 0.962 bits per heavy atom. The van der Waals surface area contributed by atoms with Crippen LogP contribution < -0.4 is 10.1 Å². The van der Waals surface area contributed by atoms with E-state index in [1.807, 2.05) is 36.4 Å². The molecule has 2 rings (SSSR count). The summed E-state index contributed by atoms with van der Waals surface area (Å²) in [5.41, 5.74) is 3.11. The van der Waals surface area contributed by atoms with Crippen molar-refractivity contribution in [1.29, 1.82) is 0 Å². The van der Waals surface area contributed by atoms with Crippen LogP contribution in [0.1, 0.15) is 58.2 Å². The average Bonchev–Trinajstić information content (AvgIpc) is 2.53. The smallest absolute Gasteiger partial charge is 0.142 e. The number of nitrogens with one attached hydrogen (secondary N) is 1. The van der Waals surface area contributed by atoms with Crippen molar-refractivity contribution in [1.82, 2.24) is 0 Å². The van der Waals surface area contributed by atoms with E-state index < -0.39 is 0 Å². The number of hydrogen-bond acceptors (Lipinski definition) is 3.